The molecule has 1 unspecified atom stereocenters. The van der Waals surface area contributed by atoms with E-state index >= 15 is 0 Å². The molecule has 1 amide bonds. The maximum absolute atomic E-state index is 14.0. The smallest absolute Gasteiger partial charge is 0.290 e. The van der Waals surface area contributed by atoms with E-state index in [-0.39, 0.29) is 17.1 Å². The summed E-state index contributed by atoms with van der Waals surface area (Å²) in [6.45, 7) is 9.31. The van der Waals surface area contributed by atoms with Crippen molar-refractivity contribution >= 4 is 16.9 Å². The first-order valence-electron chi connectivity index (χ1n) is 13.7. The largest absolute Gasteiger partial charge is 0.490 e. The molecule has 39 heavy (non-hydrogen) atoms. The number of hydrogen-bond acceptors (Lipinski definition) is 5. The van der Waals surface area contributed by atoms with Crippen LogP contribution in [0.2, 0.25) is 0 Å². The number of rotatable bonds is 10. The number of carbonyl (C=O) groups excluding carboxylic acids is 1. The molecule has 0 N–H and O–H groups in total. The molecule has 2 heterocycles. The molecule has 0 aliphatic carbocycles. The minimum atomic E-state index is -0.562. The van der Waals surface area contributed by atoms with Gasteiger partial charge < -0.3 is 18.8 Å². The summed E-state index contributed by atoms with van der Waals surface area (Å²) >= 11 is 0. The summed E-state index contributed by atoms with van der Waals surface area (Å²) in [6, 6.07) is 18.9. The number of ether oxygens (including phenoxy) is 2. The van der Waals surface area contributed by atoms with Crippen molar-refractivity contribution < 1.29 is 18.7 Å². The molecule has 202 valence electrons. The Morgan fingerprint density at radius 2 is 1.69 bits per heavy atom. The van der Waals surface area contributed by atoms with Crippen molar-refractivity contribution in [3.05, 3.63) is 104 Å². The molecule has 5 rings (SSSR count). The molecule has 1 aliphatic heterocycles. The second-order valence-electron chi connectivity index (χ2n) is 10.2. The monoisotopic (exact) mass is 525 g/mol. The van der Waals surface area contributed by atoms with E-state index in [2.05, 4.69) is 6.92 Å². The van der Waals surface area contributed by atoms with Crippen LogP contribution in [0.25, 0.3) is 11.0 Å². The fourth-order valence-electron chi connectivity index (χ4n) is 5.44. The highest BCUT2D eigenvalue weighted by Crippen LogP contribution is 2.41. The lowest BCUT2D eigenvalue weighted by Crippen LogP contribution is -2.30. The van der Waals surface area contributed by atoms with Gasteiger partial charge in [-0.15, -0.1) is 0 Å². The van der Waals surface area contributed by atoms with Crippen molar-refractivity contribution in [1.29, 1.82) is 0 Å². The summed E-state index contributed by atoms with van der Waals surface area (Å²) in [5.74, 6) is 1.09. The minimum Gasteiger partial charge on any atom is -0.490 e. The van der Waals surface area contributed by atoms with Crippen LogP contribution in [-0.2, 0) is 6.61 Å². The predicted molar refractivity (Wildman–Crippen MR) is 153 cm³/mol. The van der Waals surface area contributed by atoms with Crippen molar-refractivity contribution in [3.63, 3.8) is 0 Å². The average molecular weight is 526 g/mol. The first kappa shape index (κ1) is 26.5. The van der Waals surface area contributed by atoms with Crippen molar-refractivity contribution in [2.45, 2.75) is 59.6 Å². The molecule has 0 saturated heterocycles. The molecular weight excluding hydrogens is 490 g/mol. The van der Waals surface area contributed by atoms with Gasteiger partial charge in [0.25, 0.3) is 5.91 Å². The van der Waals surface area contributed by atoms with E-state index in [1.54, 1.807) is 4.90 Å². The van der Waals surface area contributed by atoms with E-state index < -0.39 is 6.04 Å². The van der Waals surface area contributed by atoms with Crippen LogP contribution < -0.4 is 14.9 Å². The van der Waals surface area contributed by atoms with Crippen LogP contribution in [0, 0.1) is 13.8 Å². The van der Waals surface area contributed by atoms with Gasteiger partial charge in [-0.2, -0.15) is 0 Å². The van der Waals surface area contributed by atoms with Crippen molar-refractivity contribution in [3.8, 4) is 11.5 Å². The summed E-state index contributed by atoms with van der Waals surface area (Å²) in [7, 11) is 0. The van der Waals surface area contributed by atoms with Crippen LogP contribution in [0.1, 0.15) is 77.5 Å². The number of carbonyl (C=O) groups is 1. The van der Waals surface area contributed by atoms with E-state index in [1.807, 2.05) is 81.4 Å². The van der Waals surface area contributed by atoms with Crippen LogP contribution in [0.15, 0.2) is 69.9 Å². The SMILES string of the molecule is CCCCCN1C(=O)c2oc3cc(C)cc(C)c3c(=O)c2C1c1ccc(OCc2ccccc2)c(OCC)c1. The van der Waals surface area contributed by atoms with Gasteiger partial charge in [0, 0.05) is 6.54 Å². The molecule has 0 spiro atoms. The van der Waals surface area contributed by atoms with Gasteiger partial charge in [0.15, 0.2) is 16.9 Å². The second kappa shape index (κ2) is 11.4. The van der Waals surface area contributed by atoms with Crippen molar-refractivity contribution in [1.82, 2.24) is 4.90 Å². The van der Waals surface area contributed by atoms with Gasteiger partial charge in [0.1, 0.15) is 12.2 Å². The van der Waals surface area contributed by atoms with Crippen LogP contribution in [0.3, 0.4) is 0 Å². The zero-order valence-electron chi connectivity index (χ0n) is 23.1. The Morgan fingerprint density at radius 3 is 2.44 bits per heavy atom. The summed E-state index contributed by atoms with van der Waals surface area (Å²) in [4.78, 5) is 29.5. The van der Waals surface area contributed by atoms with E-state index in [0.29, 0.717) is 47.8 Å². The third kappa shape index (κ3) is 5.16. The van der Waals surface area contributed by atoms with Gasteiger partial charge >= 0.3 is 0 Å². The Labute approximate surface area is 229 Å². The average Bonchev–Trinajstić information content (AvgIpc) is 3.20. The fraction of sp³-hybridized carbons (Fsp3) is 0.333. The molecule has 1 atom stereocenters. The number of hydrogen-bond donors (Lipinski definition) is 0. The van der Waals surface area contributed by atoms with Crippen molar-refractivity contribution in [2.24, 2.45) is 0 Å². The highest BCUT2D eigenvalue weighted by Gasteiger charge is 2.42. The highest BCUT2D eigenvalue weighted by atomic mass is 16.5. The first-order valence-corrected chi connectivity index (χ1v) is 13.7. The highest BCUT2D eigenvalue weighted by molar-refractivity contribution is 5.99. The fourth-order valence-corrected chi connectivity index (χ4v) is 5.44. The summed E-state index contributed by atoms with van der Waals surface area (Å²) in [5.41, 5.74) is 4.38. The number of amides is 1. The second-order valence-corrected chi connectivity index (χ2v) is 10.2. The van der Waals surface area contributed by atoms with E-state index in [0.717, 1.165) is 41.5 Å². The van der Waals surface area contributed by atoms with Gasteiger partial charge in [-0.3, -0.25) is 9.59 Å². The molecule has 6 heteroatoms. The van der Waals surface area contributed by atoms with Gasteiger partial charge in [0.2, 0.25) is 5.76 Å². The van der Waals surface area contributed by atoms with E-state index in [9.17, 15) is 9.59 Å². The minimum absolute atomic E-state index is 0.140. The maximum Gasteiger partial charge on any atom is 0.290 e. The maximum atomic E-state index is 14.0. The van der Waals surface area contributed by atoms with E-state index in [1.165, 1.54) is 0 Å². The molecule has 3 aromatic carbocycles. The van der Waals surface area contributed by atoms with Crippen LogP contribution in [0.4, 0.5) is 0 Å². The number of nitrogens with zero attached hydrogens (tertiary/aromatic N) is 1. The molecule has 6 nitrogen and oxygen atoms in total. The third-order valence-corrected chi connectivity index (χ3v) is 7.24. The molecule has 1 aliphatic rings. The van der Waals surface area contributed by atoms with Crippen LogP contribution in [-0.4, -0.2) is 24.0 Å². The zero-order valence-corrected chi connectivity index (χ0v) is 23.1. The number of benzene rings is 3. The van der Waals surface area contributed by atoms with Gasteiger partial charge in [-0.25, -0.2) is 0 Å². The van der Waals surface area contributed by atoms with Crippen molar-refractivity contribution in [2.75, 3.05) is 13.2 Å². The molecular formula is C33H35NO5. The lowest BCUT2D eigenvalue weighted by atomic mass is 9.96. The van der Waals surface area contributed by atoms with E-state index in [4.69, 9.17) is 13.9 Å². The summed E-state index contributed by atoms with van der Waals surface area (Å²) < 4.78 is 18.3. The summed E-state index contributed by atoms with van der Waals surface area (Å²) in [6.07, 6.45) is 2.86. The standard InChI is InChI=1S/C33H35NO5/c1-5-7-11-16-34-30(29-31(35)28-22(4)17-21(3)18-27(28)39-32(29)33(34)36)24-14-15-25(26(19-24)37-6-2)38-20-23-12-9-8-10-13-23/h8-10,12-15,17-19,30H,5-7,11,16,20H2,1-4H3. The lowest BCUT2D eigenvalue weighted by Gasteiger charge is -2.26. The van der Waals surface area contributed by atoms with Crippen LogP contribution in [0.5, 0.6) is 11.5 Å². The Hall–Kier alpha value is -4.06. The molecule has 0 saturated carbocycles. The Kier molecular flexibility index (Phi) is 7.73. The molecule has 0 radical (unpaired) electrons. The van der Waals surface area contributed by atoms with Gasteiger partial charge in [-0.05, 0) is 67.6 Å². The normalized spacial score (nSPS) is 14.6. The Bertz CT molecular complexity index is 1560. The predicted octanol–water partition coefficient (Wildman–Crippen LogP) is 7.12. The number of unbranched alkanes of at least 4 members (excludes halogenated alkanes) is 2. The third-order valence-electron chi connectivity index (χ3n) is 7.24. The summed E-state index contributed by atoms with van der Waals surface area (Å²) in [5, 5.41) is 0.528. The number of aryl methyl sites for hydroxylation is 2. The molecule has 4 aromatic rings. The van der Waals surface area contributed by atoms with Gasteiger partial charge in [-0.1, -0.05) is 62.2 Å². The molecule has 0 fully saturated rings. The zero-order chi connectivity index (χ0) is 27.5. The quantitative estimate of drug-likeness (QED) is 0.206. The lowest BCUT2D eigenvalue weighted by molar-refractivity contribution is 0.0724. The number of fused-ring (bicyclic) bond motifs is 2. The first-order chi connectivity index (χ1) is 18.9. The molecule has 0 bridgehead atoms. The molecule has 1 aromatic heterocycles. The Morgan fingerprint density at radius 1 is 0.897 bits per heavy atom. The Balaban J connectivity index is 1.60. The topological polar surface area (TPSA) is 69.0 Å². The van der Waals surface area contributed by atoms with Gasteiger partial charge in [0.05, 0.1) is 23.6 Å². The van der Waals surface area contributed by atoms with Crippen LogP contribution >= 0.6 is 0 Å².